The highest BCUT2D eigenvalue weighted by molar-refractivity contribution is 7.92. The Morgan fingerprint density at radius 1 is 1.13 bits per heavy atom. The first-order valence-corrected chi connectivity index (χ1v) is 14.9. The maximum Gasteiger partial charge on any atom is 0.410 e. The molecule has 0 aliphatic carbocycles. The van der Waals surface area contributed by atoms with Gasteiger partial charge >= 0.3 is 6.09 Å². The summed E-state index contributed by atoms with van der Waals surface area (Å²) >= 11 is 0. The van der Waals surface area contributed by atoms with Gasteiger partial charge in [-0.2, -0.15) is 0 Å². The number of carbonyl (C=O) groups excluding carboxylic acids is 1. The van der Waals surface area contributed by atoms with E-state index in [4.69, 9.17) is 9.47 Å². The molecule has 0 bridgehead atoms. The van der Waals surface area contributed by atoms with E-state index in [1.54, 1.807) is 45.2 Å². The van der Waals surface area contributed by atoms with Crippen LogP contribution in [0.3, 0.4) is 0 Å². The maximum absolute atomic E-state index is 14.8. The molecule has 2 heterocycles. The van der Waals surface area contributed by atoms with Gasteiger partial charge in [0.05, 0.1) is 18.0 Å². The van der Waals surface area contributed by atoms with Crippen LogP contribution < -0.4 is 9.04 Å². The SMILES string of the molecule is CC(C)CN(c1ccc(C(C)C)cn1)S(=O)(=O)c1ccc(OC[C@@H]2CCN(C(=O)OC(C)(C)C)C[C@@H]2F)cc1. The van der Waals surface area contributed by atoms with Crippen molar-refractivity contribution in [1.29, 1.82) is 0 Å². The summed E-state index contributed by atoms with van der Waals surface area (Å²) in [5.41, 5.74) is 0.400. The number of hydrogen-bond donors (Lipinski definition) is 0. The molecule has 1 aromatic heterocycles. The van der Waals surface area contributed by atoms with Gasteiger partial charge in [0.15, 0.2) is 0 Å². The summed E-state index contributed by atoms with van der Waals surface area (Å²) < 4.78 is 54.5. The van der Waals surface area contributed by atoms with Crippen molar-refractivity contribution in [2.45, 2.75) is 77.5 Å². The van der Waals surface area contributed by atoms with Crippen LogP contribution in [0.2, 0.25) is 0 Å². The minimum atomic E-state index is -3.86. The Kier molecular flexibility index (Phi) is 9.85. The summed E-state index contributed by atoms with van der Waals surface area (Å²) in [4.78, 5) is 18.2. The number of sulfonamides is 1. The number of carbonyl (C=O) groups is 1. The number of benzene rings is 1. The summed E-state index contributed by atoms with van der Waals surface area (Å²) in [7, 11) is -3.86. The predicted octanol–water partition coefficient (Wildman–Crippen LogP) is 6.03. The van der Waals surface area contributed by atoms with Gasteiger partial charge in [-0.05, 0) is 74.9 Å². The molecule has 3 rings (SSSR count). The van der Waals surface area contributed by atoms with Gasteiger partial charge in [0.25, 0.3) is 10.0 Å². The molecule has 1 aromatic carbocycles. The van der Waals surface area contributed by atoms with Crippen molar-refractivity contribution in [2.75, 3.05) is 30.5 Å². The summed E-state index contributed by atoms with van der Waals surface area (Å²) in [5, 5.41) is 0. The van der Waals surface area contributed by atoms with Gasteiger partial charge in [0.2, 0.25) is 0 Å². The Hall–Kier alpha value is -2.88. The van der Waals surface area contributed by atoms with Crippen LogP contribution in [0.5, 0.6) is 5.75 Å². The fraction of sp³-hybridized carbons (Fsp3) is 0.586. The summed E-state index contributed by atoms with van der Waals surface area (Å²) in [6.45, 7) is 14.1. The second kappa shape index (κ2) is 12.5. The fourth-order valence-electron chi connectivity index (χ4n) is 4.20. The van der Waals surface area contributed by atoms with Crippen LogP contribution >= 0.6 is 0 Å². The molecule has 1 aliphatic heterocycles. The smallest absolute Gasteiger partial charge is 0.410 e. The van der Waals surface area contributed by atoms with Gasteiger partial charge < -0.3 is 14.4 Å². The molecular weight excluding hydrogens is 521 g/mol. The van der Waals surface area contributed by atoms with Crippen LogP contribution in [0, 0.1) is 11.8 Å². The van der Waals surface area contributed by atoms with Crippen LogP contribution in [0.1, 0.15) is 66.4 Å². The Bertz CT molecular complexity index is 1190. The number of ether oxygens (including phenoxy) is 2. The molecule has 2 aromatic rings. The first-order chi connectivity index (χ1) is 18.2. The number of rotatable bonds is 9. The van der Waals surface area contributed by atoms with E-state index in [1.807, 2.05) is 19.9 Å². The monoisotopic (exact) mass is 563 g/mol. The number of nitrogens with zero attached hydrogens (tertiary/aromatic N) is 3. The summed E-state index contributed by atoms with van der Waals surface area (Å²) in [6.07, 6.45) is 0.402. The number of anilines is 1. The maximum atomic E-state index is 14.8. The van der Waals surface area contributed by atoms with Crippen molar-refractivity contribution in [3.05, 3.63) is 48.2 Å². The molecule has 8 nitrogen and oxygen atoms in total. The standard InChI is InChI=1S/C29H42FN3O5S/c1-20(2)17-33(27-13-8-22(16-31-27)21(3)4)39(35,36)25-11-9-24(10-12-25)37-19-23-14-15-32(18-26(23)30)28(34)38-29(5,6)7/h8-13,16,20-21,23,26H,14-15,17-19H2,1-7H3/t23-,26-/m0/s1. The first kappa shape index (κ1) is 30.7. The zero-order chi connectivity index (χ0) is 29.0. The van der Waals surface area contributed by atoms with E-state index in [2.05, 4.69) is 18.8 Å². The van der Waals surface area contributed by atoms with Gasteiger partial charge in [-0.3, -0.25) is 0 Å². The Labute approximate surface area is 232 Å². The zero-order valence-corrected chi connectivity index (χ0v) is 24.9. The van der Waals surface area contributed by atoms with Gasteiger partial charge in [-0.25, -0.2) is 26.9 Å². The van der Waals surface area contributed by atoms with Crippen LogP contribution in [-0.4, -0.2) is 62.4 Å². The van der Waals surface area contributed by atoms with Gasteiger partial charge in [-0.1, -0.05) is 33.8 Å². The van der Waals surface area contributed by atoms with Crippen molar-refractivity contribution in [3.8, 4) is 5.75 Å². The molecule has 10 heteroatoms. The number of piperidine rings is 1. The van der Waals surface area contributed by atoms with Crippen molar-refractivity contribution in [2.24, 2.45) is 11.8 Å². The van der Waals surface area contributed by atoms with Gasteiger partial charge in [0, 0.05) is 25.2 Å². The molecule has 0 radical (unpaired) electrons. The number of aromatic nitrogens is 1. The predicted molar refractivity (Wildman–Crippen MR) is 150 cm³/mol. The van der Waals surface area contributed by atoms with Crippen LogP contribution in [0.25, 0.3) is 0 Å². The number of alkyl halides is 1. The number of hydrogen-bond acceptors (Lipinski definition) is 6. The molecular formula is C29H42FN3O5S. The third kappa shape index (κ3) is 8.30. The number of pyridine rings is 1. The van der Waals surface area contributed by atoms with Gasteiger partial charge in [0.1, 0.15) is 23.3 Å². The third-order valence-electron chi connectivity index (χ3n) is 6.43. The van der Waals surface area contributed by atoms with Crippen LogP contribution in [0.15, 0.2) is 47.5 Å². The van der Waals surface area contributed by atoms with Crippen molar-refractivity contribution < 1.29 is 27.1 Å². The Balaban J connectivity index is 1.65. The molecule has 1 fully saturated rings. The van der Waals surface area contributed by atoms with E-state index < -0.39 is 27.9 Å². The molecule has 0 unspecified atom stereocenters. The van der Waals surface area contributed by atoms with E-state index in [9.17, 15) is 17.6 Å². The van der Waals surface area contributed by atoms with E-state index in [-0.39, 0.29) is 36.4 Å². The zero-order valence-electron chi connectivity index (χ0n) is 24.1. The highest BCUT2D eigenvalue weighted by Gasteiger charge is 2.34. The average Bonchev–Trinajstić information content (AvgIpc) is 2.85. The topological polar surface area (TPSA) is 89.0 Å². The highest BCUT2D eigenvalue weighted by atomic mass is 32.2. The third-order valence-corrected chi connectivity index (χ3v) is 8.21. The summed E-state index contributed by atoms with van der Waals surface area (Å²) in [6, 6.07) is 9.81. The van der Waals surface area contributed by atoms with E-state index >= 15 is 0 Å². The molecule has 2 atom stereocenters. The van der Waals surface area contributed by atoms with Crippen molar-refractivity contribution >= 4 is 21.9 Å². The van der Waals surface area contributed by atoms with E-state index in [0.29, 0.717) is 30.5 Å². The molecule has 0 N–H and O–H groups in total. The number of halogens is 1. The molecule has 0 spiro atoms. The van der Waals surface area contributed by atoms with Crippen molar-refractivity contribution in [1.82, 2.24) is 9.88 Å². The largest absolute Gasteiger partial charge is 0.493 e. The quantitative estimate of drug-likeness (QED) is 0.370. The minimum absolute atomic E-state index is 0.0437. The molecule has 1 amide bonds. The lowest BCUT2D eigenvalue weighted by Crippen LogP contribution is -2.48. The molecule has 0 saturated carbocycles. The molecule has 216 valence electrons. The highest BCUT2D eigenvalue weighted by Crippen LogP contribution is 2.28. The lowest BCUT2D eigenvalue weighted by molar-refractivity contribution is 0.000402. The number of amides is 1. The Morgan fingerprint density at radius 2 is 1.79 bits per heavy atom. The molecule has 39 heavy (non-hydrogen) atoms. The summed E-state index contributed by atoms with van der Waals surface area (Å²) in [5.74, 6) is 0.822. The van der Waals surface area contributed by atoms with E-state index in [0.717, 1.165) is 5.56 Å². The Morgan fingerprint density at radius 3 is 2.31 bits per heavy atom. The fourth-order valence-corrected chi connectivity index (χ4v) is 5.79. The minimum Gasteiger partial charge on any atom is -0.493 e. The second-order valence-electron chi connectivity index (χ2n) is 11.8. The second-order valence-corrected chi connectivity index (χ2v) is 13.7. The number of likely N-dealkylation sites (tertiary alicyclic amines) is 1. The lowest BCUT2D eigenvalue weighted by Gasteiger charge is -2.35. The van der Waals surface area contributed by atoms with Crippen molar-refractivity contribution in [3.63, 3.8) is 0 Å². The average molecular weight is 564 g/mol. The molecule has 1 saturated heterocycles. The normalized spacial score (nSPS) is 18.4. The lowest BCUT2D eigenvalue weighted by atomic mass is 9.96. The van der Waals surface area contributed by atoms with Crippen LogP contribution in [0.4, 0.5) is 15.0 Å². The molecule has 1 aliphatic rings. The van der Waals surface area contributed by atoms with Gasteiger partial charge in [-0.15, -0.1) is 0 Å². The first-order valence-electron chi connectivity index (χ1n) is 13.5. The van der Waals surface area contributed by atoms with E-state index in [1.165, 1.54) is 21.3 Å². The van der Waals surface area contributed by atoms with Crippen LogP contribution in [-0.2, 0) is 14.8 Å².